The van der Waals surface area contributed by atoms with Gasteiger partial charge < -0.3 is 26.3 Å². The first-order valence-corrected chi connectivity index (χ1v) is 16.8. The van der Waals surface area contributed by atoms with Gasteiger partial charge in [-0.15, -0.1) is 0 Å². The zero-order valence-corrected chi connectivity index (χ0v) is 15.9. The molecule has 0 aromatic heterocycles. The molecule has 0 fully saturated rings. The van der Waals surface area contributed by atoms with E-state index in [1.165, 1.54) is 21.3 Å². The Kier molecular flexibility index (Phi) is 7.42. The molecular formula is C6H18O6Si5. The van der Waals surface area contributed by atoms with Crippen molar-refractivity contribution >= 4 is 41.4 Å². The molecule has 0 heterocycles. The Labute approximate surface area is 109 Å². The molecule has 98 valence electrons. The van der Waals surface area contributed by atoms with Crippen LogP contribution in [0.5, 0.6) is 0 Å². The molecule has 0 amide bonds. The smallest absolute Gasteiger partial charge is 0.389 e. The minimum absolute atomic E-state index is 0.368. The Morgan fingerprint density at radius 3 is 1.65 bits per heavy atom. The summed E-state index contributed by atoms with van der Waals surface area (Å²) >= 11 is 0. The van der Waals surface area contributed by atoms with Crippen LogP contribution in [-0.2, 0) is 26.3 Å². The van der Waals surface area contributed by atoms with Gasteiger partial charge in [0.05, 0.1) is 0 Å². The minimum atomic E-state index is -3.15. The molecule has 0 N–H and O–H groups in total. The van der Waals surface area contributed by atoms with Gasteiger partial charge >= 0.3 is 24.5 Å². The van der Waals surface area contributed by atoms with Gasteiger partial charge in [-0.2, -0.15) is 0 Å². The molecular weight excluding hydrogens is 308 g/mol. The van der Waals surface area contributed by atoms with Gasteiger partial charge in [-0.3, -0.25) is 0 Å². The second-order valence-electron chi connectivity index (χ2n) is 4.22. The predicted octanol–water partition coefficient (Wildman–Crippen LogP) is -0.167. The fourth-order valence-electron chi connectivity index (χ4n) is 0.871. The first kappa shape index (κ1) is 17.5. The normalized spacial score (nSPS) is 12.6. The molecule has 17 heavy (non-hydrogen) atoms. The molecule has 0 aliphatic heterocycles. The molecule has 11 heteroatoms. The van der Waals surface area contributed by atoms with Gasteiger partial charge in [0, 0.05) is 21.3 Å². The number of hydrogen-bond donors (Lipinski definition) is 0. The Bertz CT molecular complexity index is 277. The lowest BCUT2D eigenvalue weighted by molar-refractivity contribution is 0.0535. The van der Waals surface area contributed by atoms with Gasteiger partial charge in [-0.05, 0) is 0 Å². The number of rotatable bonds is 8. The van der Waals surface area contributed by atoms with Gasteiger partial charge in [0.1, 0.15) is 7.59 Å². The summed E-state index contributed by atoms with van der Waals surface area (Å²) < 4.78 is 44.2. The van der Waals surface area contributed by atoms with Crippen LogP contribution in [0, 0.1) is 0 Å². The molecule has 0 atom stereocenters. The molecule has 0 unspecified atom stereocenters. The molecule has 0 aromatic carbocycles. The monoisotopic (exact) mass is 326 g/mol. The standard InChI is InChI=1S/C6H18O6Si5/c1-9-17(10-2,11-3)12-13-14(7)15(8)16(4,5)6/h1-6H3. The summed E-state index contributed by atoms with van der Waals surface area (Å²) in [7, 11) is -5.44. The van der Waals surface area contributed by atoms with E-state index in [4.69, 9.17) is 17.4 Å². The summed E-state index contributed by atoms with van der Waals surface area (Å²) in [5.74, 6) is 0. The average Bonchev–Trinajstić information content (AvgIpc) is 2.29. The lowest BCUT2D eigenvalue weighted by Gasteiger charge is -2.22. The van der Waals surface area contributed by atoms with Crippen molar-refractivity contribution in [2.75, 3.05) is 21.3 Å². The highest BCUT2D eigenvalue weighted by Gasteiger charge is 2.45. The zero-order valence-electron chi connectivity index (χ0n) is 10.9. The first-order chi connectivity index (χ1) is 7.72. The minimum Gasteiger partial charge on any atom is -0.389 e. The highest BCUT2D eigenvalue weighted by Crippen LogP contribution is 2.07. The van der Waals surface area contributed by atoms with Crippen molar-refractivity contribution < 1.29 is 26.3 Å². The molecule has 0 rings (SSSR count). The van der Waals surface area contributed by atoms with E-state index in [1.54, 1.807) is 0 Å². The lowest BCUT2D eigenvalue weighted by atomic mass is 11.8. The van der Waals surface area contributed by atoms with Gasteiger partial charge in [0.25, 0.3) is 9.28 Å². The summed E-state index contributed by atoms with van der Waals surface area (Å²) in [5, 5.41) is 0. The van der Waals surface area contributed by atoms with Crippen LogP contribution in [0.1, 0.15) is 0 Å². The van der Waals surface area contributed by atoms with E-state index in [0.29, 0.717) is 0 Å². The van der Waals surface area contributed by atoms with Gasteiger partial charge in [-0.1, -0.05) is 19.6 Å². The van der Waals surface area contributed by atoms with Gasteiger partial charge in [0.15, 0.2) is 0 Å². The third kappa shape index (κ3) is 5.35. The van der Waals surface area contributed by atoms with Crippen LogP contribution in [0.2, 0.25) is 19.6 Å². The van der Waals surface area contributed by atoms with Crippen LogP contribution in [0.15, 0.2) is 0 Å². The topological polar surface area (TPSA) is 71.1 Å². The fourth-order valence-corrected chi connectivity index (χ4v) is 28.1. The van der Waals surface area contributed by atoms with E-state index in [9.17, 15) is 8.92 Å². The van der Waals surface area contributed by atoms with E-state index < -0.39 is 32.1 Å². The van der Waals surface area contributed by atoms with Crippen LogP contribution in [0.4, 0.5) is 0 Å². The molecule has 0 aromatic rings. The third-order valence-corrected chi connectivity index (χ3v) is 27.6. The Morgan fingerprint density at radius 2 is 1.35 bits per heavy atom. The quantitative estimate of drug-likeness (QED) is 0.577. The Morgan fingerprint density at radius 1 is 0.941 bits per heavy atom. The zero-order chi connectivity index (χ0) is 13.7. The van der Waals surface area contributed by atoms with E-state index in [0.717, 1.165) is 0 Å². The van der Waals surface area contributed by atoms with Gasteiger partial charge in [0.2, 0.25) is 0 Å². The first-order valence-electron chi connectivity index (χ1n) is 4.90. The summed E-state index contributed by atoms with van der Waals surface area (Å²) in [6.45, 7) is 5.82. The van der Waals surface area contributed by atoms with Crippen molar-refractivity contribution in [3.05, 3.63) is 0 Å². The Hall–Kier alpha value is 0.524. The summed E-state index contributed by atoms with van der Waals surface area (Å²) in [4.78, 5) is 0. The van der Waals surface area contributed by atoms with Crippen molar-refractivity contribution in [3.63, 3.8) is 0 Å². The van der Waals surface area contributed by atoms with Crippen LogP contribution in [0.3, 0.4) is 0 Å². The van der Waals surface area contributed by atoms with Crippen LogP contribution in [0.25, 0.3) is 0 Å². The highest BCUT2D eigenvalue weighted by molar-refractivity contribution is 7.56. The van der Waals surface area contributed by atoms with E-state index in [2.05, 4.69) is 0 Å². The van der Waals surface area contributed by atoms with Crippen LogP contribution in [-0.4, -0.2) is 62.7 Å². The van der Waals surface area contributed by atoms with E-state index >= 15 is 0 Å². The Balaban J connectivity index is 4.47. The van der Waals surface area contributed by atoms with Crippen molar-refractivity contribution in [3.8, 4) is 0 Å². The molecule has 0 aliphatic carbocycles. The van der Waals surface area contributed by atoms with E-state index in [-0.39, 0.29) is 9.28 Å². The maximum atomic E-state index is 11.9. The largest absolute Gasteiger partial charge is 0.668 e. The average molecular weight is 327 g/mol. The van der Waals surface area contributed by atoms with Crippen molar-refractivity contribution in [2.45, 2.75) is 19.6 Å². The molecule has 0 saturated carbocycles. The highest BCUT2D eigenvalue weighted by atomic mass is 29.8. The van der Waals surface area contributed by atoms with E-state index in [1.807, 2.05) is 19.6 Å². The SMILES string of the molecule is CO[Si](OC)(OC)O[Si][Si](=O)[Si](=O)[Si](C)(C)C. The molecule has 0 spiro atoms. The third-order valence-electron chi connectivity index (χ3n) is 1.91. The van der Waals surface area contributed by atoms with Crippen molar-refractivity contribution in [2.24, 2.45) is 0 Å². The van der Waals surface area contributed by atoms with Crippen LogP contribution < -0.4 is 0 Å². The van der Waals surface area contributed by atoms with Gasteiger partial charge in [-0.25, -0.2) is 0 Å². The van der Waals surface area contributed by atoms with Crippen molar-refractivity contribution in [1.82, 2.24) is 0 Å². The summed E-state index contributed by atoms with van der Waals surface area (Å²) in [6.07, 6.45) is 0. The fraction of sp³-hybridized carbons (Fsp3) is 1.00. The van der Waals surface area contributed by atoms with Crippen molar-refractivity contribution in [1.29, 1.82) is 0 Å². The summed E-state index contributed by atoms with van der Waals surface area (Å²) in [5.41, 5.74) is 0. The maximum absolute atomic E-state index is 11.9. The molecule has 0 aliphatic rings. The molecule has 2 radical (unpaired) electrons. The number of hydrogen-bond acceptors (Lipinski definition) is 6. The maximum Gasteiger partial charge on any atom is 0.668 e. The molecule has 0 bridgehead atoms. The molecule has 0 saturated heterocycles. The summed E-state index contributed by atoms with van der Waals surface area (Å²) in [6, 6.07) is 0. The second kappa shape index (κ2) is 7.20. The predicted molar refractivity (Wildman–Crippen MR) is 69.8 cm³/mol. The molecule has 6 nitrogen and oxygen atoms in total. The van der Waals surface area contributed by atoms with Crippen LogP contribution >= 0.6 is 0 Å². The second-order valence-corrected chi connectivity index (χ2v) is 26.8. The lowest BCUT2D eigenvalue weighted by Crippen LogP contribution is -2.52.